The number of nitrogens with one attached hydrogen (secondary N) is 1. The van der Waals surface area contributed by atoms with Crippen molar-refractivity contribution in [2.45, 2.75) is 25.2 Å². The van der Waals surface area contributed by atoms with Crippen molar-refractivity contribution in [1.82, 2.24) is 5.32 Å². The molecule has 1 aliphatic heterocycles. The van der Waals surface area contributed by atoms with Gasteiger partial charge in [0.2, 0.25) is 0 Å². The van der Waals surface area contributed by atoms with Gasteiger partial charge < -0.3 is 10.1 Å². The van der Waals surface area contributed by atoms with Crippen LogP contribution in [-0.2, 0) is 5.41 Å². The monoisotopic (exact) mass is 205 g/mol. The number of piperidine rings is 1. The highest BCUT2D eigenvalue weighted by atomic mass is 16.5. The number of benzene rings is 1. The topological polar surface area (TPSA) is 21.3 Å². The Bertz CT molecular complexity index is 329. The van der Waals surface area contributed by atoms with Gasteiger partial charge in [-0.25, -0.2) is 0 Å². The van der Waals surface area contributed by atoms with Gasteiger partial charge in [0.15, 0.2) is 0 Å². The van der Waals surface area contributed by atoms with Crippen LogP contribution in [-0.4, -0.2) is 20.2 Å². The van der Waals surface area contributed by atoms with Crippen LogP contribution in [0.4, 0.5) is 0 Å². The van der Waals surface area contributed by atoms with E-state index in [0.717, 1.165) is 18.8 Å². The molecular weight excluding hydrogens is 186 g/mol. The molecule has 0 aromatic heterocycles. The van der Waals surface area contributed by atoms with Crippen molar-refractivity contribution in [2.75, 3.05) is 20.2 Å². The largest absolute Gasteiger partial charge is 0.497 e. The molecule has 0 bridgehead atoms. The van der Waals surface area contributed by atoms with Gasteiger partial charge in [-0.1, -0.05) is 19.1 Å². The Hall–Kier alpha value is -1.02. The van der Waals surface area contributed by atoms with E-state index in [0.29, 0.717) is 0 Å². The minimum atomic E-state index is 0.271. The summed E-state index contributed by atoms with van der Waals surface area (Å²) in [6.45, 7) is 4.55. The zero-order valence-electron chi connectivity index (χ0n) is 9.55. The third-order valence-corrected chi connectivity index (χ3v) is 3.36. The molecule has 1 saturated heterocycles. The Labute approximate surface area is 91.6 Å². The van der Waals surface area contributed by atoms with E-state index in [1.807, 2.05) is 6.07 Å². The van der Waals surface area contributed by atoms with Crippen molar-refractivity contribution < 1.29 is 4.74 Å². The lowest BCUT2D eigenvalue weighted by Crippen LogP contribution is -2.41. The van der Waals surface area contributed by atoms with Gasteiger partial charge >= 0.3 is 0 Å². The van der Waals surface area contributed by atoms with Gasteiger partial charge in [0.1, 0.15) is 5.75 Å². The van der Waals surface area contributed by atoms with E-state index in [2.05, 4.69) is 30.4 Å². The fourth-order valence-electron chi connectivity index (χ4n) is 2.30. The maximum Gasteiger partial charge on any atom is 0.119 e. The third kappa shape index (κ3) is 2.15. The molecule has 2 nitrogen and oxygen atoms in total. The number of rotatable bonds is 2. The maximum atomic E-state index is 5.27. The Morgan fingerprint density at radius 2 is 2.27 bits per heavy atom. The van der Waals surface area contributed by atoms with Crippen LogP contribution in [0.5, 0.6) is 5.75 Å². The molecule has 0 saturated carbocycles. The highest BCUT2D eigenvalue weighted by Gasteiger charge is 2.28. The molecule has 2 heteroatoms. The predicted octanol–water partition coefficient (Wildman–Crippen LogP) is 2.34. The second-order valence-corrected chi connectivity index (χ2v) is 4.57. The van der Waals surface area contributed by atoms with Gasteiger partial charge in [0.05, 0.1) is 7.11 Å². The van der Waals surface area contributed by atoms with Crippen LogP contribution >= 0.6 is 0 Å². The Kier molecular flexibility index (Phi) is 2.96. The smallest absolute Gasteiger partial charge is 0.119 e. The van der Waals surface area contributed by atoms with Crippen LogP contribution in [0.25, 0.3) is 0 Å². The van der Waals surface area contributed by atoms with E-state index >= 15 is 0 Å². The Morgan fingerprint density at radius 3 is 2.93 bits per heavy atom. The lowest BCUT2D eigenvalue weighted by Gasteiger charge is -2.34. The molecule has 1 N–H and O–H groups in total. The summed E-state index contributed by atoms with van der Waals surface area (Å²) in [4.78, 5) is 0. The van der Waals surface area contributed by atoms with E-state index in [1.165, 1.54) is 18.4 Å². The molecule has 1 unspecified atom stereocenters. The molecule has 82 valence electrons. The van der Waals surface area contributed by atoms with Crippen molar-refractivity contribution >= 4 is 0 Å². The zero-order chi connectivity index (χ0) is 10.7. The van der Waals surface area contributed by atoms with Crippen LogP contribution in [0, 0.1) is 0 Å². The van der Waals surface area contributed by atoms with E-state index in [9.17, 15) is 0 Å². The first-order chi connectivity index (χ1) is 7.24. The molecule has 1 aromatic rings. The SMILES string of the molecule is COc1cccc(C2(C)CCCNC2)c1. The summed E-state index contributed by atoms with van der Waals surface area (Å²) < 4.78 is 5.27. The van der Waals surface area contributed by atoms with Crippen LogP contribution < -0.4 is 10.1 Å². The molecule has 1 aliphatic rings. The van der Waals surface area contributed by atoms with Crippen molar-refractivity contribution in [1.29, 1.82) is 0 Å². The average molecular weight is 205 g/mol. The highest BCUT2D eigenvalue weighted by molar-refractivity contribution is 5.34. The second kappa shape index (κ2) is 4.23. The van der Waals surface area contributed by atoms with E-state index < -0.39 is 0 Å². The number of hydrogen-bond donors (Lipinski definition) is 1. The molecule has 0 aliphatic carbocycles. The minimum Gasteiger partial charge on any atom is -0.497 e. The molecule has 15 heavy (non-hydrogen) atoms. The van der Waals surface area contributed by atoms with Gasteiger partial charge in [-0.05, 0) is 37.1 Å². The molecule has 0 spiro atoms. The molecular formula is C13H19NO. The Balaban J connectivity index is 2.26. The first-order valence-corrected chi connectivity index (χ1v) is 5.60. The van der Waals surface area contributed by atoms with Crippen molar-refractivity contribution in [3.8, 4) is 5.75 Å². The first kappa shape index (κ1) is 10.5. The predicted molar refractivity (Wildman–Crippen MR) is 62.4 cm³/mol. The summed E-state index contributed by atoms with van der Waals surface area (Å²) in [5, 5.41) is 3.47. The number of ether oxygens (including phenoxy) is 1. The van der Waals surface area contributed by atoms with E-state index in [4.69, 9.17) is 4.74 Å². The van der Waals surface area contributed by atoms with E-state index in [1.54, 1.807) is 7.11 Å². The fourth-order valence-corrected chi connectivity index (χ4v) is 2.30. The van der Waals surface area contributed by atoms with Crippen LogP contribution in [0.2, 0.25) is 0 Å². The van der Waals surface area contributed by atoms with Crippen molar-refractivity contribution in [3.63, 3.8) is 0 Å². The zero-order valence-corrected chi connectivity index (χ0v) is 9.55. The minimum absolute atomic E-state index is 0.271. The number of methoxy groups -OCH3 is 1. The highest BCUT2D eigenvalue weighted by Crippen LogP contribution is 2.32. The summed E-state index contributed by atoms with van der Waals surface area (Å²) in [6, 6.07) is 8.44. The van der Waals surface area contributed by atoms with Gasteiger partial charge in [-0.3, -0.25) is 0 Å². The molecule has 0 radical (unpaired) electrons. The lowest BCUT2D eigenvalue weighted by atomic mass is 9.76. The van der Waals surface area contributed by atoms with Crippen molar-refractivity contribution in [2.24, 2.45) is 0 Å². The molecule has 2 rings (SSSR count). The fraction of sp³-hybridized carbons (Fsp3) is 0.538. The van der Waals surface area contributed by atoms with Gasteiger partial charge in [0.25, 0.3) is 0 Å². The first-order valence-electron chi connectivity index (χ1n) is 5.60. The van der Waals surface area contributed by atoms with Crippen LogP contribution in [0.1, 0.15) is 25.3 Å². The van der Waals surface area contributed by atoms with E-state index in [-0.39, 0.29) is 5.41 Å². The maximum absolute atomic E-state index is 5.27. The summed E-state index contributed by atoms with van der Waals surface area (Å²) >= 11 is 0. The third-order valence-electron chi connectivity index (χ3n) is 3.36. The quantitative estimate of drug-likeness (QED) is 0.800. The second-order valence-electron chi connectivity index (χ2n) is 4.57. The van der Waals surface area contributed by atoms with Gasteiger partial charge in [-0.15, -0.1) is 0 Å². The summed E-state index contributed by atoms with van der Waals surface area (Å²) in [6.07, 6.45) is 2.51. The standard InChI is InChI=1S/C13H19NO/c1-13(7-4-8-14-10-13)11-5-3-6-12(9-11)15-2/h3,5-6,9,14H,4,7-8,10H2,1-2H3. The van der Waals surface area contributed by atoms with Gasteiger partial charge in [-0.2, -0.15) is 0 Å². The summed E-state index contributed by atoms with van der Waals surface area (Å²) in [5.74, 6) is 0.958. The molecule has 1 fully saturated rings. The molecule has 0 amide bonds. The van der Waals surface area contributed by atoms with Crippen molar-refractivity contribution in [3.05, 3.63) is 29.8 Å². The Morgan fingerprint density at radius 1 is 1.40 bits per heavy atom. The summed E-state index contributed by atoms with van der Waals surface area (Å²) in [5.41, 5.74) is 1.65. The molecule has 1 atom stereocenters. The lowest BCUT2D eigenvalue weighted by molar-refractivity contribution is 0.337. The number of hydrogen-bond acceptors (Lipinski definition) is 2. The van der Waals surface area contributed by atoms with Crippen LogP contribution in [0.15, 0.2) is 24.3 Å². The molecule has 1 aromatic carbocycles. The average Bonchev–Trinajstić information content (AvgIpc) is 2.30. The normalized spacial score (nSPS) is 26.3. The molecule has 1 heterocycles. The van der Waals surface area contributed by atoms with Crippen LogP contribution in [0.3, 0.4) is 0 Å². The summed E-state index contributed by atoms with van der Waals surface area (Å²) in [7, 11) is 1.72. The van der Waals surface area contributed by atoms with Gasteiger partial charge in [0, 0.05) is 12.0 Å².